The average molecular weight is 358 g/mol. The van der Waals surface area contributed by atoms with Gasteiger partial charge in [0.1, 0.15) is 11.4 Å². The zero-order chi connectivity index (χ0) is 17.4. The van der Waals surface area contributed by atoms with E-state index in [-0.39, 0.29) is 5.91 Å². The molecule has 25 heavy (non-hydrogen) atoms. The number of hydrogen-bond acceptors (Lipinski definition) is 3. The van der Waals surface area contributed by atoms with E-state index in [1.54, 1.807) is 12.3 Å². The van der Waals surface area contributed by atoms with E-state index in [9.17, 15) is 4.79 Å². The molecule has 0 N–H and O–H groups in total. The molecule has 6 heteroatoms. The molecule has 3 aromatic rings. The number of carbonyl (C=O) groups is 1. The number of fused-ring (bicyclic) bond motifs is 2. The van der Waals surface area contributed by atoms with Crippen LogP contribution in [0.1, 0.15) is 17.8 Å². The molecule has 1 aromatic carbocycles. The van der Waals surface area contributed by atoms with Gasteiger partial charge in [-0.2, -0.15) is 0 Å². The lowest BCUT2D eigenvalue weighted by Crippen LogP contribution is -2.36. The number of hydrogen-bond donors (Lipinski definition) is 0. The van der Waals surface area contributed by atoms with Crippen LogP contribution in [0, 0.1) is 5.92 Å². The molecule has 0 saturated carbocycles. The van der Waals surface area contributed by atoms with Crippen molar-refractivity contribution in [3.63, 3.8) is 0 Å². The number of rotatable bonds is 4. The van der Waals surface area contributed by atoms with Crippen LogP contribution in [0.25, 0.3) is 11.0 Å². The number of aryl methyl sites for hydroxylation is 1. The number of likely N-dealkylation sites (N-methyl/N-ethyl adjacent to an activating group) is 1. The van der Waals surface area contributed by atoms with Gasteiger partial charge in [0, 0.05) is 54.9 Å². The molecule has 0 fully saturated rings. The first-order valence-electron chi connectivity index (χ1n) is 8.50. The third-order valence-electron chi connectivity index (χ3n) is 4.95. The minimum atomic E-state index is 0.106. The summed E-state index contributed by atoms with van der Waals surface area (Å²) < 4.78 is 7.72. The molecule has 1 aliphatic rings. The predicted molar refractivity (Wildman–Crippen MR) is 96.6 cm³/mol. The van der Waals surface area contributed by atoms with Gasteiger partial charge >= 0.3 is 0 Å². The van der Waals surface area contributed by atoms with Crippen LogP contribution in [0.4, 0.5) is 0 Å². The molecule has 4 rings (SSSR count). The second kappa shape index (κ2) is 6.56. The number of halogens is 1. The average Bonchev–Trinajstić information content (AvgIpc) is 3.21. The fourth-order valence-corrected chi connectivity index (χ4v) is 3.73. The molecule has 1 atom stereocenters. The fraction of sp³-hybridized carbons (Fsp3) is 0.368. The summed E-state index contributed by atoms with van der Waals surface area (Å²) in [7, 11) is 1.88. The van der Waals surface area contributed by atoms with Crippen molar-refractivity contribution in [3.8, 4) is 0 Å². The number of benzene rings is 1. The van der Waals surface area contributed by atoms with Crippen molar-refractivity contribution in [2.75, 3.05) is 13.6 Å². The van der Waals surface area contributed by atoms with Crippen molar-refractivity contribution >= 4 is 28.5 Å². The number of aromatic nitrogens is 2. The standard InChI is InChI=1S/C19H20ClN3O2/c1-22(10-13-2-5-18-21-6-7-23(18)11-13)19(24)8-14-12-25-17-9-15(20)3-4-16(14)17/h3-4,6-7,9,12-13H,2,5,8,10-11H2,1H3. The monoisotopic (exact) mass is 357 g/mol. The molecular weight excluding hydrogens is 338 g/mol. The van der Waals surface area contributed by atoms with E-state index in [0.29, 0.717) is 17.4 Å². The van der Waals surface area contributed by atoms with Crippen molar-refractivity contribution in [2.45, 2.75) is 25.8 Å². The van der Waals surface area contributed by atoms with Crippen LogP contribution in [0.15, 0.2) is 41.3 Å². The van der Waals surface area contributed by atoms with Gasteiger partial charge < -0.3 is 13.9 Å². The van der Waals surface area contributed by atoms with Crippen LogP contribution < -0.4 is 0 Å². The Labute approximate surface area is 151 Å². The van der Waals surface area contributed by atoms with Gasteiger partial charge in [-0.15, -0.1) is 0 Å². The molecule has 0 spiro atoms. The first kappa shape index (κ1) is 16.2. The SMILES string of the molecule is CN(CC1CCc2nccn2C1)C(=O)Cc1coc2cc(Cl)ccc12. The Morgan fingerprint density at radius 3 is 3.24 bits per heavy atom. The number of furan rings is 1. The summed E-state index contributed by atoms with van der Waals surface area (Å²) in [6, 6.07) is 5.51. The highest BCUT2D eigenvalue weighted by Gasteiger charge is 2.22. The summed E-state index contributed by atoms with van der Waals surface area (Å²) in [5.74, 6) is 1.72. The van der Waals surface area contributed by atoms with Gasteiger partial charge in [-0.1, -0.05) is 11.6 Å². The van der Waals surface area contributed by atoms with Gasteiger partial charge in [0.2, 0.25) is 5.91 Å². The topological polar surface area (TPSA) is 51.3 Å². The Kier molecular flexibility index (Phi) is 4.25. The minimum Gasteiger partial charge on any atom is -0.464 e. The van der Waals surface area contributed by atoms with Crippen LogP contribution in [-0.4, -0.2) is 34.0 Å². The summed E-state index contributed by atoms with van der Waals surface area (Å²) in [4.78, 5) is 18.8. The smallest absolute Gasteiger partial charge is 0.226 e. The van der Waals surface area contributed by atoms with E-state index in [1.165, 1.54) is 0 Å². The van der Waals surface area contributed by atoms with Crippen molar-refractivity contribution in [1.82, 2.24) is 14.5 Å². The zero-order valence-electron chi connectivity index (χ0n) is 14.1. The summed E-state index contributed by atoms with van der Waals surface area (Å²) in [6.45, 7) is 1.69. The van der Waals surface area contributed by atoms with Crippen LogP contribution >= 0.6 is 11.6 Å². The molecule has 2 aromatic heterocycles. The number of carbonyl (C=O) groups excluding carboxylic acids is 1. The lowest BCUT2D eigenvalue weighted by atomic mass is 9.98. The van der Waals surface area contributed by atoms with Crippen molar-refractivity contribution in [2.24, 2.45) is 5.92 Å². The summed E-state index contributed by atoms with van der Waals surface area (Å²) in [5.41, 5.74) is 1.63. The van der Waals surface area contributed by atoms with Crippen LogP contribution in [-0.2, 0) is 24.2 Å². The minimum absolute atomic E-state index is 0.106. The van der Waals surface area contributed by atoms with E-state index in [0.717, 1.165) is 48.3 Å². The lowest BCUT2D eigenvalue weighted by Gasteiger charge is -2.28. The van der Waals surface area contributed by atoms with E-state index in [4.69, 9.17) is 16.0 Å². The van der Waals surface area contributed by atoms with E-state index in [1.807, 2.05) is 36.5 Å². The van der Waals surface area contributed by atoms with Crippen LogP contribution in [0.2, 0.25) is 5.02 Å². The molecule has 0 bridgehead atoms. The van der Waals surface area contributed by atoms with Gasteiger partial charge in [0.15, 0.2) is 0 Å². The first-order chi connectivity index (χ1) is 12.1. The molecular formula is C19H20ClN3O2. The Bertz CT molecular complexity index is 914. The largest absolute Gasteiger partial charge is 0.464 e. The summed E-state index contributed by atoms with van der Waals surface area (Å²) >= 11 is 5.98. The number of amides is 1. The second-order valence-electron chi connectivity index (χ2n) is 6.75. The van der Waals surface area contributed by atoms with Gasteiger partial charge in [-0.25, -0.2) is 4.98 Å². The maximum Gasteiger partial charge on any atom is 0.226 e. The molecule has 1 aliphatic heterocycles. The Morgan fingerprint density at radius 2 is 2.36 bits per heavy atom. The van der Waals surface area contributed by atoms with Gasteiger partial charge in [0.25, 0.3) is 0 Å². The molecule has 5 nitrogen and oxygen atoms in total. The van der Waals surface area contributed by atoms with E-state index >= 15 is 0 Å². The van der Waals surface area contributed by atoms with Crippen molar-refractivity contribution in [3.05, 3.63) is 53.3 Å². The van der Waals surface area contributed by atoms with Gasteiger partial charge in [-0.05, 0) is 30.5 Å². The van der Waals surface area contributed by atoms with Crippen LogP contribution in [0.5, 0.6) is 0 Å². The third kappa shape index (κ3) is 3.29. The Balaban J connectivity index is 1.40. The maximum absolute atomic E-state index is 12.6. The normalized spacial score (nSPS) is 16.8. The number of imidazole rings is 1. The lowest BCUT2D eigenvalue weighted by molar-refractivity contribution is -0.129. The highest BCUT2D eigenvalue weighted by atomic mass is 35.5. The molecule has 1 amide bonds. The highest BCUT2D eigenvalue weighted by molar-refractivity contribution is 6.31. The Hall–Kier alpha value is -2.27. The summed E-state index contributed by atoms with van der Waals surface area (Å²) in [5, 5.41) is 1.58. The first-order valence-corrected chi connectivity index (χ1v) is 8.87. The molecule has 1 unspecified atom stereocenters. The predicted octanol–water partition coefficient (Wildman–Crippen LogP) is 3.55. The van der Waals surface area contributed by atoms with Gasteiger partial charge in [0.05, 0.1) is 12.7 Å². The second-order valence-corrected chi connectivity index (χ2v) is 7.19. The van der Waals surface area contributed by atoms with Crippen molar-refractivity contribution in [1.29, 1.82) is 0 Å². The number of nitrogens with zero attached hydrogens (tertiary/aromatic N) is 3. The molecule has 3 heterocycles. The summed E-state index contributed by atoms with van der Waals surface area (Å²) in [6.07, 6.45) is 7.92. The molecule has 0 radical (unpaired) electrons. The maximum atomic E-state index is 12.6. The quantitative estimate of drug-likeness (QED) is 0.717. The molecule has 130 valence electrons. The zero-order valence-corrected chi connectivity index (χ0v) is 14.9. The fourth-order valence-electron chi connectivity index (χ4n) is 3.57. The third-order valence-corrected chi connectivity index (χ3v) is 5.19. The van der Waals surface area contributed by atoms with Crippen molar-refractivity contribution < 1.29 is 9.21 Å². The highest BCUT2D eigenvalue weighted by Crippen LogP contribution is 2.25. The molecule has 0 saturated heterocycles. The van der Waals surface area contributed by atoms with Gasteiger partial charge in [-0.3, -0.25) is 4.79 Å². The molecule has 0 aliphatic carbocycles. The Morgan fingerprint density at radius 1 is 1.48 bits per heavy atom. The van der Waals surface area contributed by atoms with E-state index < -0.39 is 0 Å². The van der Waals surface area contributed by atoms with E-state index in [2.05, 4.69) is 9.55 Å². The van der Waals surface area contributed by atoms with Crippen LogP contribution in [0.3, 0.4) is 0 Å².